The number of carbonyl (C=O) groups is 2. The maximum atomic E-state index is 13.7. The quantitative estimate of drug-likeness (QED) is 0.706. The molecule has 138 valence electrons. The molecule has 1 heterocycles. The first-order valence-corrected chi connectivity index (χ1v) is 9.02. The zero-order valence-electron chi connectivity index (χ0n) is 14.7. The maximum absolute atomic E-state index is 13.7. The summed E-state index contributed by atoms with van der Waals surface area (Å²) in [5.74, 6) is -1.77. The molecule has 2 N–H and O–H groups in total. The Morgan fingerprint density at radius 3 is 2.63 bits per heavy atom. The van der Waals surface area contributed by atoms with Crippen molar-refractivity contribution in [2.75, 3.05) is 5.32 Å². The fourth-order valence-corrected chi connectivity index (χ4v) is 3.11. The topological polar surface area (TPSA) is 84.0 Å². The summed E-state index contributed by atoms with van der Waals surface area (Å²) in [4.78, 5) is 24.4. The molecule has 0 bridgehead atoms. The standard InChI is InChI=1S/C19H17FN4O2S/c1-11-6-5-7-13(10-11)18-23-24-19(27-18)22-16(25)12(2)21-17(26)14-8-3-4-9-15(14)20/h3-10,12H,1-2H3,(H,21,26)(H,22,24,25)/t12-/m0/s1. The molecule has 2 amide bonds. The van der Waals surface area contributed by atoms with Gasteiger partial charge in [0.25, 0.3) is 5.91 Å². The first kappa shape index (κ1) is 18.7. The number of carbonyl (C=O) groups excluding carboxylic acids is 2. The summed E-state index contributed by atoms with van der Waals surface area (Å²) in [6.07, 6.45) is 0. The van der Waals surface area contributed by atoms with Crippen LogP contribution in [0.3, 0.4) is 0 Å². The van der Waals surface area contributed by atoms with E-state index in [2.05, 4.69) is 20.8 Å². The van der Waals surface area contributed by atoms with Crippen LogP contribution in [0.2, 0.25) is 0 Å². The minimum Gasteiger partial charge on any atom is -0.340 e. The zero-order chi connectivity index (χ0) is 19.4. The highest BCUT2D eigenvalue weighted by Gasteiger charge is 2.20. The second-order valence-corrected chi connectivity index (χ2v) is 6.92. The van der Waals surface area contributed by atoms with E-state index in [1.807, 2.05) is 31.2 Å². The van der Waals surface area contributed by atoms with Gasteiger partial charge in [0.1, 0.15) is 16.9 Å². The molecule has 0 unspecified atom stereocenters. The fraction of sp³-hybridized carbons (Fsp3) is 0.158. The molecule has 3 rings (SSSR count). The molecule has 0 aliphatic rings. The molecule has 6 nitrogen and oxygen atoms in total. The second kappa shape index (κ2) is 8.05. The Kier molecular flexibility index (Phi) is 5.56. The molecule has 3 aromatic rings. The summed E-state index contributed by atoms with van der Waals surface area (Å²) in [6.45, 7) is 3.49. The Morgan fingerprint density at radius 1 is 1.11 bits per heavy atom. The van der Waals surface area contributed by atoms with E-state index in [1.54, 1.807) is 6.07 Å². The van der Waals surface area contributed by atoms with Crippen LogP contribution in [-0.2, 0) is 4.79 Å². The van der Waals surface area contributed by atoms with Gasteiger partial charge >= 0.3 is 0 Å². The predicted octanol–water partition coefficient (Wildman–Crippen LogP) is 3.41. The van der Waals surface area contributed by atoms with Crippen LogP contribution in [0.1, 0.15) is 22.8 Å². The molecule has 0 fully saturated rings. The van der Waals surface area contributed by atoms with Crippen LogP contribution in [0.4, 0.5) is 9.52 Å². The van der Waals surface area contributed by atoms with Crippen LogP contribution in [0.5, 0.6) is 0 Å². The number of halogens is 1. The van der Waals surface area contributed by atoms with E-state index in [4.69, 9.17) is 0 Å². The number of hydrogen-bond acceptors (Lipinski definition) is 5. The van der Waals surface area contributed by atoms with Gasteiger partial charge in [-0.1, -0.05) is 47.2 Å². The molecule has 0 saturated heterocycles. The molecular weight excluding hydrogens is 367 g/mol. The van der Waals surface area contributed by atoms with Crippen molar-refractivity contribution in [2.45, 2.75) is 19.9 Å². The Labute approximate surface area is 159 Å². The average molecular weight is 384 g/mol. The van der Waals surface area contributed by atoms with Gasteiger partial charge in [-0.25, -0.2) is 4.39 Å². The summed E-state index contributed by atoms with van der Waals surface area (Å²) in [6, 6.07) is 12.5. The molecule has 8 heteroatoms. The lowest BCUT2D eigenvalue weighted by atomic mass is 10.1. The predicted molar refractivity (Wildman–Crippen MR) is 102 cm³/mol. The number of nitrogens with one attached hydrogen (secondary N) is 2. The number of anilines is 1. The lowest BCUT2D eigenvalue weighted by Gasteiger charge is -2.13. The second-order valence-electron chi connectivity index (χ2n) is 5.95. The van der Waals surface area contributed by atoms with Gasteiger partial charge in [-0.05, 0) is 32.0 Å². The van der Waals surface area contributed by atoms with Gasteiger partial charge in [-0.3, -0.25) is 14.9 Å². The van der Waals surface area contributed by atoms with Crippen LogP contribution in [-0.4, -0.2) is 28.1 Å². The van der Waals surface area contributed by atoms with Crippen molar-refractivity contribution in [1.29, 1.82) is 0 Å². The van der Waals surface area contributed by atoms with Crippen molar-refractivity contribution in [3.63, 3.8) is 0 Å². The van der Waals surface area contributed by atoms with Crippen molar-refractivity contribution in [1.82, 2.24) is 15.5 Å². The summed E-state index contributed by atoms with van der Waals surface area (Å²) < 4.78 is 13.7. The highest BCUT2D eigenvalue weighted by atomic mass is 32.1. The van der Waals surface area contributed by atoms with E-state index in [0.29, 0.717) is 10.1 Å². The smallest absolute Gasteiger partial charge is 0.254 e. The van der Waals surface area contributed by atoms with Gasteiger partial charge < -0.3 is 5.32 Å². The number of nitrogens with zero attached hydrogens (tertiary/aromatic N) is 2. The summed E-state index contributed by atoms with van der Waals surface area (Å²) in [5.41, 5.74) is 1.89. The van der Waals surface area contributed by atoms with Crippen molar-refractivity contribution in [2.24, 2.45) is 0 Å². The van der Waals surface area contributed by atoms with E-state index in [9.17, 15) is 14.0 Å². The number of hydrogen-bond donors (Lipinski definition) is 2. The number of amides is 2. The van der Waals surface area contributed by atoms with E-state index >= 15 is 0 Å². The van der Waals surface area contributed by atoms with E-state index in [-0.39, 0.29) is 5.56 Å². The van der Waals surface area contributed by atoms with E-state index < -0.39 is 23.7 Å². The number of aryl methyl sites for hydroxylation is 1. The van der Waals surface area contributed by atoms with Crippen molar-refractivity contribution in [3.05, 3.63) is 65.5 Å². The normalized spacial score (nSPS) is 11.7. The highest BCUT2D eigenvalue weighted by molar-refractivity contribution is 7.18. The molecular formula is C19H17FN4O2S. The lowest BCUT2D eigenvalue weighted by molar-refractivity contribution is -0.117. The largest absolute Gasteiger partial charge is 0.340 e. The number of aromatic nitrogens is 2. The van der Waals surface area contributed by atoms with Gasteiger partial charge in [-0.15, -0.1) is 10.2 Å². The minimum atomic E-state index is -0.872. The van der Waals surface area contributed by atoms with Crippen molar-refractivity contribution >= 4 is 28.3 Å². The highest BCUT2D eigenvalue weighted by Crippen LogP contribution is 2.26. The Bertz CT molecular complexity index is 989. The van der Waals surface area contributed by atoms with Crippen LogP contribution in [0.15, 0.2) is 48.5 Å². The molecule has 0 aliphatic carbocycles. The molecule has 27 heavy (non-hydrogen) atoms. The third kappa shape index (κ3) is 4.53. The summed E-state index contributed by atoms with van der Waals surface area (Å²) >= 11 is 1.23. The van der Waals surface area contributed by atoms with Crippen LogP contribution < -0.4 is 10.6 Å². The third-order valence-corrected chi connectivity index (χ3v) is 4.67. The van der Waals surface area contributed by atoms with Crippen LogP contribution in [0, 0.1) is 12.7 Å². The van der Waals surface area contributed by atoms with Gasteiger partial charge in [0, 0.05) is 5.56 Å². The minimum absolute atomic E-state index is 0.116. The molecule has 1 aromatic heterocycles. The average Bonchev–Trinajstić information content (AvgIpc) is 3.10. The van der Waals surface area contributed by atoms with E-state index in [0.717, 1.165) is 11.1 Å². The molecule has 1 atom stereocenters. The van der Waals surface area contributed by atoms with Crippen molar-refractivity contribution < 1.29 is 14.0 Å². The lowest BCUT2D eigenvalue weighted by Crippen LogP contribution is -2.41. The van der Waals surface area contributed by atoms with Gasteiger partial charge in [0.2, 0.25) is 11.0 Å². The molecule has 0 aliphatic heterocycles. The SMILES string of the molecule is Cc1cccc(-c2nnc(NC(=O)[C@H](C)NC(=O)c3ccccc3F)s2)c1. The fourth-order valence-electron chi connectivity index (χ4n) is 2.37. The van der Waals surface area contributed by atoms with E-state index in [1.165, 1.54) is 36.5 Å². The third-order valence-electron chi connectivity index (χ3n) is 3.78. The molecule has 2 aromatic carbocycles. The Balaban J connectivity index is 1.63. The zero-order valence-corrected chi connectivity index (χ0v) is 15.5. The Morgan fingerprint density at radius 2 is 1.89 bits per heavy atom. The monoisotopic (exact) mass is 384 g/mol. The first-order chi connectivity index (χ1) is 12.9. The first-order valence-electron chi connectivity index (χ1n) is 8.21. The van der Waals surface area contributed by atoms with Gasteiger partial charge in [-0.2, -0.15) is 0 Å². The summed E-state index contributed by atoms with van der Waals surface area (Å²) in [5, 5.41) is 14.1. The van der Waals surface area contributed by atoms with Crippen LogP contribution >= 0.6 is 11.3 Å². The molecule has 0 spiro atoms. The Hall–Kier alpha value is -3.13. The van der Waals surface area contributed by atoms with Crippen LogP contribution in [0.25, 0.3) is 10.6 Å². The number of rotatable bonds is 5. The number of benzene rings is 2. The maximum Gasteiger partial charge on any atom is 0.254 e. The van der Waals surface area contributed by atoms with Gasteiger partial charge in [0.15, 0.2) is 0 Å². The molecule has 0 saturated carbocycles. The van der Waals surface area contributed by atoms with Crippen molar-refractivity contribution in [3.8, 4) is 10.6 Å². The molecule has 0 radical (unpaired) electrons. The van der Waals surface area contributed by atoms with Gasteiger partial charge in [0.05, 0.1) is 5.56 Å². The summed E-state index contributed by atoms with van der Waals surface area (Å²) in [7, 11) is 0.